The summed E-state index contributed by atoms with van der Waals surface area (Å²) >= 11 is 0. The summed E-state index contributed by atoms with van der Waals surface area (Å²) < 4.78 is 0. The zero-order chi connectivity index (χ0) is 14.6. The van der Waals surface area contributed by atoms with Gasteiger partial charge < -0.3 is 0 Å². The Bertz CT molecular complexity index is 477. The minimum absolute atomic E-state index is 0.143. The summed E-state index contributed by atoms with van der Waals surface area (Å²) in [5.41, 5.74) is 3.17. The maximum Gasteiger partial charge on any atom is 0.00162 e. The molecule has 106 valence electrons. The van der Waals surface area contributed by atoms with Crippen molar-refractivity contribution in [1.29, 1.82) is 0 Å². The molecule has 0 aromatic heterocycles. The van der Waals surface area contributed by atoms with E-state index in [1.807, 2.05) is 0 Å². The van der Waals surface area contributed by atoms with E-state index in [1.165, 1.54) is 11.1 Å². The highest BCUT2D eigenvalue weighted by atomic mass is 14.5. The molecular formula is C20H26. The van der Waals surface area contributed by atoms with Crippen LogP contribution in [0.3, 0.4) is 0 Å². The molecule has 0 spiro atoms. The summed E-state index contributed by atoms with van der Waals surface area (Å²) in [6.45, 7) is 9.45. The Morgan fingerprint density at radius 3 is 1.15 bits per heavy atom. The Balaban J connectivity index is 2.58. The van der Waals surface area contributed by atoms with Crippen molar-refractivity contribution >= 4 is 0 Å². The van der Waals surface area contributed by atoms with Crippen LogP contribution in [0.5, 0.6) is 0 Å². The van der Waals surface area contributed by atoms with Crippen LogP contribution in [-0.4, -0.2) is 0 Å². The molecule has 2 rings (SSSR count). The molecule has 0 aliphatic carbocycles. The lowest BCUT2D eigenvalue weighted by molar-refractivity contribution is 0.235. The van der Waals surface area contributed by atoms with Gasteiger partial charge in [-0.1, -0.05) is 88.4 Å². The lowest BCUT2D eigenvalue weighted by Gasteiger charge is -2.47. The first kappa shape index (κ1) is 14.8. The Morgan fingerprint density at radius 1 is 0.600 bits per heavy atom. The van der Waals surface area contributed by atoms with Crippen LogP contribution in [0.1, 0.15) is 51.7 Å². The average molecular weight is 266 g/mol. The van der Waals surface area contributed by atoms with Crippen LogP contribution in [-0.2, 0) is 10.8 Å². The van der Waals surface area contributed by atoms with E-state index in [0.717, 1.165) is 12.8 Å². The second-order valence-electron chi connectivity index (χ2n) is 6.10. The number of rotatable bonds is 5. The highest BCUT2D eigenvalue weighted by Gasteiger charge is 2.44. The third kappa shape index (κ3) is 2.28. The Kier molecular flexibility index (Phi) is 4.32. The summed E-state index contributed by atoms with van der Waals surface area (Å²) in [5, 5.41) is 0. The van der Waals surface area contributed by atoms with Gasteiger partial charge in [0, 0.05) is 10.8 Å². The molecule has 0 amide bonds. The van der Waals surface area contributed by atoms with Gasteiger partial charge in [-0.2, -0.15) is 0 Å². The summed E-state index contributed by atoms with van der Waals surface area (Å²) in [5.74, 6) is 0. The smallest absolute Gasteiger partial charge is 0.00162 e. The van der Waals surface area contributed by atoms with Crippen molar-refractivity contribution < 1.29 is 0 Å². The zero-order valence-corrected chi connectivity index (χ0v) is 13.2. The predicted octanol–water partition coefficient (Wildman–Crippen LogP) is 5.72. The maximum atomic E-state index is 2.42. The minimum atomic E-state index is 0.143. The molecule has 0 heterocycles. The third-order valence-corrected chi connectivity index (χ3v) is 5.45. The summed E-state index contributed by atoms with van der Waals surface area (Å²) in [7, 11) is 0. The molecule has 0 fully saturated rings. The van der Waals surface area contributed by atoms with E-state index in [0.29, 0.717) is 0 Å². The molecule has 0 heteroatoms. The van der Waals surface area contributed by atoms with Gasteiger partial charge in [-0.3, -0.25) is 0 Å². The standard InChI is InChI=1S/C20H26/c1-5-19(3,17-13-9-7-10-14-17)20(4,6-2)18-15-11-8-12-16-18/h7-16H,5-6H2,1-4H3. The lowest BCUT2D eigenvalue weighted by Crippen LogP contribution is -2.44. The molecule has 0 nitrogen and oxygen atoms in total. The average Bonchev–Trinajstić information content (AvgIpc) is 2.54. The normalized spacial score (nSPS) is 17.2. The summed E-state index contributed by atoms with van der Waals surface area (Å²) in [6.07, 6.45) is 2.27. The topological polar surface area (TPSA) is 0 Å². The quantitative estimate of drug-likeness (QED) is 0.649. The highest BCUT2D eigenvalue weighted by molar-refractivity contribution is 5.37. The molecule has 0 aliphatic rings. The largest absolute Gasteiger partial charge is 0.0645 e. The zero-order valence-electron chi connectivity index (χ0n) is 13.2. The van der Waals surface area contributed by atoms with Crippen molar-refractivity contribution in [3.63, 3.8) is 0 Å². The van der Waals surface area contributed by atoms with Crippen molar-refractivity contribution in [2.75, 3.05) is 0 Å². The van der Waals surface area contributed by atoms with Crippen molar-refractivity contribution in [2.24, 2.45) is 0 Å². The first-order valence-electron chi connectivity index (χ1n) is 7.69. The van der Waals surface area contributed by atoms with Crippen LogP contribution in [0.15, 0.2) is 60.7 Å². The Hall–Kier alpha value is -1.56. The minimum Gasteiger partial charge on any atom is -0.0645 e. The molecule has 2 aromatic carbocycles. The third-order valence-electron chi connectivity index (χ3n) is 5.45. The van der Waals surface area contributed by atoms with E-state index in [-0.39, 0.29) is 10.8 Å². The predicted molar refractivity (Wildman–Crippen MR) is 88.2 cm³/mol. The summed E-state index contributed by atoms with van der Waals surface area (Å²) in [4.78, 5) is 0. The van der Waals surface area contributed by atoms with Crippen molar-refractivity contribution in [3.8, 4) is 0 Å². The van der Waals surface area contributed by atoms with Gasteiger partial charge in [0.15, 0.2) is 0 Å². The van der Waals surface area contributed by atoms with Gasteiger partial charge in [-0.15, -0.1) is 0 Å². The van der Waals surface area contributed by atoms with E-state index < -0.39 is 0 Å². The Labute approximate surface area is 123 Å². The number of hydrogen-bond donors (Lipinski definition) is 0. The van der Waals surface area contributed by atoms with Crippen LogP contribution in [0.2, 0.25) is 0 Å². The van der Waals surface area contributed by atoms with E-state index >= 15 is 0 Å². The molecular weight excluding hydrogens is 240 g/mol. The molecule has 20 heavy (non-hydrogen) atoms. The molecule has 0 N–H and O–H groups in total. The van der Waals surface area contributed by atoms with Crippen LogP contribution in [0, 0.1) is 0 Å². The van der Waals surface area contributed by atoms with Crippen LogP contribution in [0.25, 0.3) is 0 Å². The highest BCUT2D eigenvalue weighted by Crippen LogP contribution is 2.48. The van der Waals surface area contributed by atoms with Crippen molar-refractivity contribution in [3.05, 3.63) is 71.8 Å². The molecule has 0 saturated heterocycles. The monoisotopic (exact) mass is 266 g/mol. The van der Waals surface area contributed by atoms with E-state index in [9.17, 15) is 0 Å². The van der Waals surface area contributed by atoms with Gasteiger partial charge in [-0.25, -0.2) is 0 Å². The number of hydrogen-bond acceptors (Lipinski definition) is 0. The molecule has 2 atom stereocenters. The van der Waals surface area contributed by atoms with Crippen molar-refractivity contribution in [1.82, 2.24) is 0 Å². The maximum absolute atomic E-state index is 2.42. The molecule has 0 aliphatic heterocycles. The second kappa shape index (κ2) is 5.83. The van der Waals surface area contributed by atoms with Gasteiger partial charge in [0.25, 0.3) is 0 Å². The fourth-order valence-corrected chi connectivity index (χ4v) is 3.44. The summed E-state index contributed by atoms with van der Waals surface area (Å²) in [6, 6.07) is 21.9. The molecule has 2 unspecified atom stereocenters. The van der Waals surface area contributed by atoms with Gasteiger partial charge in [-0.05, 0) is 24.0 Å². The van der Waals surface area contributed by atoms with Gasteiger partial charge in [0.1, 0.15) is 0 Å². The van der Waals surface area contributed by atoms with Gasteiger partial charge in [0.2, 0.25) is 0 Å². The second-order valence-corrected chi connectivity index (χ2v) is 6.10. The fourth-order valence-electron chi connectivity index (χ4n) is 3.44. The molecule has 0 saturated carbocycles. The van der Waals surface area contributed by atoms with E-state index in [4.69, 9.17) is 0 Å². The lowest BCUT2D eigenvalue weighted by atomic mass is 9.56. The first-order chi connectivity index (χ1) is 9.58. The molecule has 2 aromatic rings. The number of benzene rings is 2. The van der Waals surface area contributed by atoms with Crippen LogP contribution >= 0.6 is 0 Å². The molecule has 0 bridgehead atoms. The van der Waals surface area contributed by atoms with Crippen LogP contribution < -0.4 is 0 Å². The van der Waals surface area contributed by atoms with E-state index in [2.05, 4.69) is 88.4 Å². The van der Waals surface area contributed by atoms with Gasteiger partial charge in [0.05, 0.1) is 0 Å². The van der Waals surface area contributed by atoms with Crippen molar-refractivity contribution in [2.45, 2.75) is 51.4 Å². The van der Waals surface area contributed by atoms with E-state index in [1.54, 1.807) is 0 Å². The Morgan fingerprint density at radius 2 is 0.900 bits per heavy atom. The van der Waals surface area contributed by atoms with Crippen LogP contribution in [0.4, 0.5) is 0 Å². The fraction of sp³-hybridized carbons (Fsp3) is 0.400. The SMILES string of the molecule is CCC(C)(c1ccccc1)C(C)(CC)c1ccccc1. The first-order valence-corrected chi connectivity index (χ1v) is 7.69. The van der Waals surface area contributed by atoms with Gasteiger partial charge >= 0.3 is 0 Å². The molecule has 0 radical (unpaired) electrons.